The largest absolute Gasteiger partial charge is 0.508 e. The lowest BCUT2D eigenvalue weighted by molar-refractivity contribution is 0.352. The number of phenols is 1. The van der Waals surface area contributed by atoms with Crippen LogP contribution in [-0.4, -0.2) is 29.1 Å². The lowest BCUT2D eigenvalue weighted by atomic mass is 10.1. The molecule has 2 aromatic rings. The van der Waals surface area contributed by atoms with Crippen LogP contribution in [0.2, 0.25) is 0 Å². The third kappa shape index (κ3) is 1.92. The quantitative estimate of drug-likeness (QED) is 0.859. The van der Waals surface area contributed by atoms with Crippen molar-refractivity contribution in [2.24, 2.45) is 7.05 Å². The van der Waals surface area contributed by atoms with Crippen LogP contribution < -0.4 is 15.2 Å². The predicted molar refractivity (Wildman–Crippen MR) is 67.8 cm³/mol. The van der Waals surface area contributed by atoms with Crippen molar-refractivity contribution in [1.29, 1.82) is 0 Å². The van der Waals surface area contributed by atoms with Crippen LogP contribution in [-0.2, 0) is 7.05 Å². The summed E-state index contributed by atoms with van der Waals surface area (Å²) >= 11 is 0. The third-order valence-corrected chi connectivity index (χ3v) is 2.66. The Morgan fingerprint density at radius 1 is 1.22 bits per heavy atom. The summed E-state index contributed by atoms with van der Waals surface area (Å²) < 4.78 is 12.0. The van der Waals surface area contributed by atoms with Gasteiger partial charge in [0.25, 0.3) is 0 Å². The summed E-state index contributed by atoms with van der Waals surface area (Å²) in [6.07, 6.45) is 0. The molecule has 0 aliphatic heterocycles. The second kappa shape index (κ2) is 4.48. The van der Waals surface area contributed by atoms with E-state index < -0.39 is 0 Å². The Balaban J connectivity index is 2.65. The number of nitrogens with zero attached hydrogens (tertiary/aromatic N) is 2. The van der Waals surface area contributed by atoms with E-state index in [1.165, 1.54) is 20.3 Å². The van der Waals surface area contributed by atoms with Gasteiger partial charge in [0.15, 0.2) is 11.5 Å². The fraction of sp³-hybridized carbons (Fsp3) is 0.250. The number of nitrogens with two attached hydrogens (primary N) is 1. The number of anilines is 1. The van der Waals surface area contributed by atoms with E-state index in [2.05, 4.69) is 5.10 Å². The number of benzene rings is 1. The van der Waals surface area contributed by atoms with Crippen molar-refractivity contribution in [1.82, 2.24) is 9.78 Å². The normalized spacial score (nSPS) is 10.4. The number of aromatic nitrogens is 2. The fourth-order valence-electron chi connectivity index (χ4n) is 1.75. The Bertz CT molecular complexity index is 559. The highest BCUT2D eigenvalue weighted by molar-refractivity contribution is 5.74. The van der Waals surface area contributed by atoms with Crippen LogP contribution in [0.5, 0.6) is 17.2 Å². The monoisotopic (exact) mass is 249 g/mol. The summed E-state index contributed by atoms with van der Waals surface area (Å²) in [5.41, 5.74) is 6.98. The van der Waals surface area contributed by atoms with E-state index >= 15 is 0 Å². The first-order valence-corrected chi connectivity index (χ1v) is 5.31. The number of aryl methyl sites for hydroxylation is 1. The molecule has 2 rings (SSSR count). The lowest BCUT2D eigenvalue weighted by Gasteiger charge is -2.11. The molecule has 0 atom stereocenters. The highest BCUT2D eigenvalue weighted by Gasteiger charge is 2.16. The van der Waals surface area contributed by atoms with Crippen molar-refractivity contribution in [2.75, 3.05) is 20.0 Å². The van der Waals surface area contributed by atoms with E-state index in [1.54, 1.807) is 23.9 Å². The number of nitrogen functional groups attached to an aromatic ring is 1. The van der Waals surface area contributed by atoms with Crippen LogP contribution in [0.1, 0.15) is 0 Å². The van der Waals surface area contributed by atoms with E-state index in [4.69, 9.17) is 15.2 Å². The van der Waals surface area contributed by atoms with Crippen molar-refractivity contribution in [2.45, 2.75) is 0 Å². The molecule has 0 saturated heterocycles. The number of phenolic OH excluding ortho intramolecular Hbond substituents is 1. The molecule has 1 aromatic heterocycles. The molecule has 0 spiro atoms. The van der Waals surface area contributed by atoms with Gasteiger partial charge >= 0.3 is 0 Å². The summed E-state index contributed by atoms with van der Waals surface area (Å²) in [5, 5.41) is 13.9. The average Bonchev–Trinajstić information content (AvgIpc) is 2.68. The van der Waals surface area contributed by atoms with Crippen LogP contribution >= 0.6 is 0 Å². The standard InChI is InChI=1S/C12H15N3O3/c1-15-11(13)6-9(14-15)8-4-7(16)5-10(17-2)12(8)18-3/h4-6,16H,13H2,1-3H3. The van der Waals surface area contributed by atoms with Gasteiger partial charge in [-0.2, -0.15) is 5.10 Å². The molecule has 0 radical (unpaired) electrons. The molecule has 1 heterocycles. The van der Waals surface area contributed by atoms with Gasteiger partial charge in [0.2, 0.25) is 0 Å². The highest BCUT2D eigenvalue weighted by Crippen LogP contribution is 2.40. The van der Waals surface area contributed by atoms with Crippen LogP contribution in [0.15, 0.2) is 18.2 Å². The van der Waals surface area contributed by atoms with Gasteiger partial charge in [0, 0.05) is 19.2 Å². The van der Waals surface area contributed by atoms with Crippen LogP contribution in [0.4, 0.5) is 5.82 Å². The number of methoxy groups -OCH3 is 2. The van der Waals surface area contributed by atoms with Gasteiger partial charge in [-0.3, -0.25) is 4.68 Å². The summed E-state index contributed by atoms with van der Waals surface area (Å²) in [5.74, 6) is 1.55. The molecule has 0 aliphatic rings. The molecule has 18 heavy (non-hydrogen) atoms. The van der Waals surface area contributed by atoms with Crippen molar-refractivity contribution < 1.29 is 14.6 Å². The first-order chi connectivity index (χ1) is 8.56. The average molecular weight is 249 g/mol. The second-order valence-electron chi connectivity index (χ2n) is 3.81. The smallest absolute Gasteiger partial charge is 0.170 e. The minimum Gasteiger partial charge on any atom is -0.508 e. The Hall–Kier alpha value is -2.37. The van der Waals surface area contributed by atoms with Gasteiger partial charge in [-0.25, -0.2) is 0 Å². The Morgan fingerprint density at radius 2 is 1.94 bits per heavy atom. The molecule has 1 aromatic carbocycles. The van der Waals surface area contributed by atoms with Crippen molar-refractivity contribution in [3.8, 4) is 28.5 Å². The van der Waals surface area contributed by atoms with Gasteiger partial charge in [0.1, 0.15) is 11.6 Å². The SMILES string of the molecule is COc1cc(O)cc(-c2cc(N)n(C)n2)c1OC. The Morgan fingerprint density at radius 3 is 2.44 bits per heavy atom. The molecule has 0 unspecified atom stereocenters. The highest BCUT2D eigenvalue weighted by atomic mass is 16.5. The molecule has 0 fully saturated rings. The van der Waals surface area contributed by atoms with Gasteiger partial charge in [0.05, 0.1) is 25.5 Å². The van der Waals surface area contributed by atoms with Crippen LogP contribution in [0, 0.1) is 0 Å². The zero-order valence-corrected chi connectivity index (χ0v) is 10.5. The molecule has 96 valence electrons. The summed E-state index contributed by atoms with van der Waals surface area (Å²) in [6, 6.07) is 4.74. The molecular formula is C12H15N3O3. The van der Waals surface area contributed by atoms with E-state index in [0.717, 1.165) is 0 Å². The van der Waals surface area contributed by atoms with Gasteiger partial charge in [-0.05, 0) is 6.07 Å². The van der Waals surface area contributed by atoms with Gasteiger partial charge < -0.3 is 20.3 Å². The maximum atomic E-state index is 9.68. The van der Waals surface area contributed by atoms with E-state index in [9.17, 15) is 5.11 Å². The molecule has 6 heteroatoms. The van der Waals surface area contributed by atoms with Crippen LogP contribution in [0.25, 0.3) is 11.3 Å². The number of rotatable bonds is 3. The number of hydrogen-bond donors (Lipinski definition) is 2. The van der Waals surface area contributed by atoms with Crippen molar-refractivity contribution in [3.05, 3.63) is 18.2 Å². The van der Waals surface area contributed by atoms with Gasteiger partial charge in [-0.15, -0.1) is 0 Å². The molecule has 0 saturated carbocycles. The zero-order valence-electron chi connectivity index (χ0n) is 10.5. The number of ether oxygens (including phenoxy) is 2. The van der Waals surface area contributed by atoms with E-state index in [1.807, 2.05) is 0 Å². The summed E-state index contributed by atoms with van der Waals surface area (Å²) in [6.45, 7) is 0. The lowest BCUT2D eigenvalue weighted by Crippen LogP contribution is -1.97. The van der Waals surface area contributed by atoms with E-state index in [0.29, 0.717) is 28.6 Å². The summed E-state index contributed by atoms with van der Waals surface area (Å²) in [4.78, 5) is 0. The van der Waals surface area contributed by atoms with Crippen molar-refractivity contribution >= 4 is 5.82 Å². The second-order valence-corrected chi connectivity index (χ2v) is 3.81. The molecule has 0 bridgehead atoms. The Kier molecular flexibility index (Phi) is 3.01. The molecular weight excluding hydrogens is 234 g/mol. The van der Waals surface area contributed by atoms with Crippen LogP contribution in [0.3, 0.4) is 0 Å². The first kappa shape index (κ1) is 12.1. The molecule has 0 amide bonds. The molecule has 6 nitrogen and oxygen atoms in total. The number of aromatic hydroxyl groups is 1. The minimum atomic E-state index is 0.0758. The topological polar surface area (TPSA) is 82.5 Å². The maximum absolute atomic E-state index is 9.68. The summed E-state index contributed by atoms with van der Waals surface area (Å²) in [7, 11) is 4.78. The molecule has 3 N–H and O–H groups in total. The van der Waals surface area contributed by atoms with Crippen molar-refractivity contribution in [3.63, 3.8) is 0 Å². The predicted octanol–water partition coefficient (Wildman–Crippen LogP) is 1.39. The third-order valence-electron chi connectivity index (χ3n) is 2.66. The van der Waals surface area contributed by atoms with E-state index in [-0.39, 0.29) is 5.75 Å². The zero-order chi connectivity index (χ0) is 13.3. The Labute approximate surface area is 105 Å². The maximum Gasteiger partial charge on any atom is 0.170 e. The van der Waals surface area contributed by atoms with Gasteiger partial charge in [-0.1, -0.05) is 0 Å². The molecule has 0 aliphatic carbocycles. The fourth-order valence-corrected chi connectivity index (χ4v) is 1.75. The minimum absolute atomic E-state index is 0.0758. The first-order valence-electron chi connectivity index (χ1n) is 5.31. The number of hydrogen-bond acceptors (Lipinski definition) is 5.